The molecule has 0 saturated carbocycles. The minimum atomic E-state index is -0.636. The quantitative estimate of drug-likeness (QED) is 0.0849. The van der Waals surface area contributed by atoms with E-state index in [4.69, 9.17) is 18.9 Å². The topological polar surface area (TPSA) is 108 Å². The Bertz CT molecular complexity index is 2510. The summed E-state index contributed by atoms with van der Waals surface area (Å²) in [5.41, 5.74) is 3.38. The molecule has 0 N–H and O–H groups in total. The lowest BCUT2D eigenvalue weighted by Crippen LogP contribution is -2.43. The van der Waals surface area contributed by atoms with Gasteiger partial charge in [0.15, 0.2) is 23.0 Å². The number of nitrogens with zero attached hydrogens (tertiary/aromatic N) is 1. The molecule has 1 saturated heterocycles. The highest BCUT2D eigenvalue weighted by Crippen LogP contribution is 2.47. The average molecular weight is 768 g/mol. The summed E-state index contributed by atoms with van der Waals surface area (Å²) >= 11 is 0. The van der Waals surface area contributed by atoms with Gasteiger partial charge in [-0.05, 0) is 131 Å². The first kappa shape index (κ1) is 36.5. The SMILES string of the molecule is O=C(Oc1cc2c3c(c4cc(OC(=O)c5ccccc5)c(OC(=O)c5ccccc5)cc4c2cc1OC(=O)c1ccccc1)CN1CCCCC1C3)c1ccccc1. The molecule has 9 nitrogen and oxygen atoms in total. The molecular weight excluding hydrogens is 731 g/mol. The predicted octanol–water partition coefficient (Wildman–Crippen LogP) is 9.78. The smallest absolute Gasteiger partial charge is 0.343 e. The summed E-state index contributed by atoms with van der Waals surface area (Å²) in [4.78, 5) is 56.9. The van der Waals surface area contributed by atoms with E-state index < -0.39 is 23.9 Å². The molecule has 2 heterocycles. The number of fused-ring (bicyclic) bond motifs is 7. The molecule has 2 aliphatic rings. The second-order valence-corrected chi connectivity index (χ2v) is 14.5. The molecule has 0 bridgehead atoms. The second-order valence-electron chi connectivity index (χ2n) is 14.5. The number of piperidine rings is 1. The zero-order valence-corrected chi connectivity index (χ0v) is 31.4. The van der Waals surface area contributed by atoms with E-state index in [9.17, 15) is 19.2 Å². The fourth-order valence-electron chi connectivity index (χ4n) is 7.99. The first-order chi connectivity index (χ1) is 28.4. The molecular formula is C49H37NO8. The summed E-state index contributed by atoms with van der Waals surface area (Å²) in [6.07, 6.45) is 3.97. The lowest BCUT2D eigenvalue weighted by atomic mass is 9.82. The summed E-state index contributed by atoms with van der Waals surface area (Å²) in [6.45, 7) is 1.58. The summed E-state index contributed by atoms with van der Waals surface area (Å²) in [7, 11) is 0. The van der Waals surface area contributed by atoms with Crippen molar-refractivity contribution in [3.8, 4) is 23.0 Å². The van der Waals surface area contributed by atoms with Crippen LogP contribution < -0.4 is 18.9 Å². The molecule has 286 valence electrons. The molecule has 2 aliphatic heterocycles. The van der Waals surface area contributed by atoms with Crippen molar-refractivity contribution in [3.63, 3.8) is 0 Å². The lowest BCUT2D eigenvalue weighted by molar-refractivity contribution is 0.0682. The van der Waals surface area contributed by atoms with Crippen molar-refractivity contribution in [2.75, 3.05) is 6.54 Å². The summed E-state index contributed by atoms with van der Waals surface area (Å²) in [5, 5.41) is 2.93. The third-order valence-electron chi connectivity index (χ3n) is 10.9. The van der Waals surface area contributed by atoms with Crippen molar-refractivity contribution in [2.24, 2.45) is 0 Å². The molecule has 7 aromatic carbocycles. The van der Waals surface area contributed by atoms with Crippen molar-refractivity contribution >= 4 is 45.4 Å². The highest BCUT2D eigenvalue weighted by atomic mass is 16.6. The van der Waals surface area contributed by atoms with Crippen molar-refractivity contribution in [2.45, 2.75) is 38.3 Å². The summed E-state index contributed by atoms with van der Waals surface area (Å²) in [6, 6.07) is 41.6. The molecule has 58 heavy (non-hydrogen) atoms. The number of hydrogen-bond acceptors (Lipinski definition) is 9. The number of rotatable bonds is 8. The van der Waals surface area contributed by atoms with E-state index in [1.54, 1.807) is 133 Å². The summed E-state index contributed by atoms with van der Waals surface area (Å²) in [5.74, 6) is -2.26. The van der Waals surface area contributed by atoms with Gasteiger partial charge in [-0.3, -0.25) is 4.90 Å². The highest BCUT2D eigenvalue weighted by Gasteiger charge is 2.33. The maximum absolute atomic E-state index is 13.6. The second kappa shape index (κ2) is 15.8. The normalized spacial score (nSPS) is 14.9. The van der Waals surface area contributed by atoms with Crippen LogP contribution in [0.4, 0.5) is 0 Å². The van der Waals surface area contributed by atoms with Gasteiger partial charge >= 0.3 is 23.9 Å². The Morgan fingerprint density at radius 3 is 1.16 bits per heavy atom. The van der Waals surface area contributed by atoms with Crippen LogP contribution in [0.25, 0.3) is 21.5 Å². The van der Waals surface area contributed by atoms with Gasteiger partial charge in [0.05, 0.1) is 22.3 Å². The zero-order valence-electron chi connectivity index (χ0n) is 31.4. The van der Waals surface area contributed by atoms with E-state index in [0.29, 0.717) is 45.6 Å². The Morgan fingerprint density at radius 2 is 0.776 bits per heavy atom. The molecule has 0 aromatic heterocycles. The Kier molecular flexibility index (Phi) is 9.95. The number of esters is 4. The highest BCUT2D eigenvalue weighted by molar-refractivity contribution is 6.14. The van der Waals surface area contributed by atoms with Crippen molar-refractivity contribution in [3.05, 3.63) is 179 Å². The first-order valence-electron chi connectivity index (χ1n) is 19.3. The van der Waals surface area contributed by atoms with E-state index in [1.807, 2.05) is 12.1 Å². The molecule has 9 heteroatoms. The molecule has 1 atom stereocenters. The molecule has 1 fully saturated rings. The van der Waals surface area contributed by atoms with E-state index in [-0.39, 0.29) is 23.0 Å². The largest absolute Gasteiger partial charge is 0.419 e. The molecule has 0 radical (unpaired) electrons. The van der Waals surface area contributed by atoms with Gasteiger partial charge in [0.25, 0.3) is 0 Å². The van der Waals surface area contributed by atoms with Gasteiger partial charge in [0.2, 0.25) is 0 Å². The van der Waals surface area contributed by atoms with Crippen molar-refractivity contribution in [1.29, 1.82) is 0 Å². The zero-order chi connectivity index (χ0) is 39.6. The number of benzene rings is 7. The van der Waals surface area contributed by atoms with Gasteiger partial charge in [0.1, 0.15) is 0 Å². The minimum Gasteiger partial charge on any atom is -0.419 e. The Balaban J connectivity index is 1.27. The van der Waals surface area contributed by atoms with Crippen LogP contribution >= 0.6 is 0 Å². The van der Waals surface area contributed by atoms with E-state index in [0.717, 1.165) is 54.1 Å². The summed E-state index contributed by atoms with van der Waals surface area (Å²) < 4.78 is 24.2. The predicted molar refractivity (Wildman–Crippen MR) is 219 cm³/mol. The average Bonchev–Trinajstić information content (AvgIpc) is 3.27. The van der Waals surface area contributed by atoms with Crippen LogP contribution in [0.15, 0.2) is 146 Å². The van der Waals surface area contributed by atoms with Crippen molar-refractivity contribution < 1.29 is 38.1 Å². The third-order valence-corrected chi connectivity index (χ3v) is 10.9. The maximum atomic E-state index is 13.6. The Labute approximate surface area is 334 Å². The molecule has 0 aliphatic carbocycles. The van der Waals surface area contributed by atoms with Gasteiger partial charge in [-0.25, -0.2) is 19.2 Å². The van der Waals surface area contributed by atoms with E-state index >= 15 is 0 Å². The Morgan fingerprint density at radius 1 is 0.431 bits per heavy atom. The van der Waals surface area contributed by atoms with Crippen LogP contribution in [-0.2, 0) is 13.0 Å². The maximum Gasteiger partial charge on any atom is 0.343 e. The van der Waals surface area contributed by atoms with Crippen molar-refractivity contribution in [1.82, 2.24) is 4.90 Å². The molecule has 0 spiro atoms. The van der Waals surface area contributed by atoms with E-state index in [2.05, 4.69) is 4.90 Å². The fourth-order valence-corrected chi connectivity index (χ4v) is 7.99. The molecule has 9 rings (SSSR count). The minimum absolute atomic E-state index is 0.0287. The third kappa shape index (κ3) is 7.31. The fraction of sp³-hybridized carbons (Fsp3) is 0.143. The number of carbonyl (C=O) groups excluding carboxylic acids is 4. The van der Waals surface area contributed by atoms with Gasteiger partial charge in [0, 0.05) is 12.6 Å². The first-order valence-corrected chi connectivity index (χ1v) is 19.3. The standard InChI is InChI=1S/C49H37NO8/c51-46(31-15-5-1-6-16-31)55-42-26-37-36-25-35-23-13-14-24-50(35)30-41(36)40-29-45(58-49(54)34-21-11-4-12-22-34)44(57-48(53)33-19-9-3-10-20-33)28-39(40)38(37)27-43(42)56-47(52)32-17-7-2-8-18-32/h1-12,15-22,26-29,35H,13-14,23-25,30H2. The van der Waals surface area contributed by atoms with Crippen LogP contribution in [-0.4, -0.2) is 41.4 Å². The number of hydrogen-bond donors (Lipinski definition) is 0. The van der Waals surface area contributed by atoms with Crippen LogP contribution in [0, 0.1) is 0 Å². The molecule has 1 unspecified atom stereocenters. The van der Waals surface area contributed by atoms with Crippen LogP contribution in [0.5, 0.6) is 23.0 Å². The van der Waals surface area contributed by atoms with Crippen LogP contribution in [0.2, 0.25) is 0 Å². The van der Waals surface area contributed by atoms with Gasteiger partial charge < -0.3 is 18.9 Å². The van der Waals surface area contributed by atoms with Gasteiger partial charge in [-0.1, -0.05) is 79.2 Å². The monoisotopic (exact) mass is 767 g/mol. The van der Waals surface area contributed by atoms with Crippen LogP contribution in [0.1, 0.15) is 71.8 Å². The number of ether oxygens (including phenoxy) is 4. The van der Waals surface area contributed by atoms with Gasteiger partial charge in [-0.2, -0.15) is 0 Å². The molecule has 7 aromatic rings. The molecule has 0 amide bonds. The Hall–Kier alpha value is -7.10. The van der Waals surface area contributed by atoms with E-state index in [1.165, 1.54) is 0 Å². The van der Waals surface area contributed by atoms with Gasteiger partial charge in [-0.15, -0.1) is 0 Å². The lowest BCUT2D eigenvalue weighted by Gasteiger charge is -2.41. The number of carbonyl (C=O) groups is 4. The van der Waals surface area contributed by atoms with Crippen LogP contribution in [0.3, 0.4) is 0 Å².